The lowest BCUT2D eigenvalue weighted by atomic mass is 10.1. The fourth-order valence-electron chi connectivity index (χ4n) is 1.67. The van der Waals surface area contributed by atoms with Gasteiger partial charge in [-0.1, -0.05) is 24.3 Å². The first-order valence-electron chi connectivity index (χ1n) is 4.77. The van der Waals surface area contributed by atoms with Gasteiger partial charge in [0.05, 0.1) is 17.3 Å². The summed E-state index contributed by atoms with van der Waals surface area (Å²) in [5, 5.41) is 10.7. The van der Waals surface area contributed by atoms with Crippen molar-refractivity contribution in [1.82, 2.24) is 0 Å². The summed E-state index contributed by atoms with van der Waals surface area (Å²) in [4.78, 5) is 0. The van der Waals surface area contributed by atoms with Crippen molar-refractivity contribution in [3.63, 3.8) is 0 Å². The second-order valence-electron chi connectivity index (χ2n) is 3.27. The Hall–Kier alpha value is -1.99. The molecular formula is C12H8N2OS. The molecule has 0 fully saturated rings. The van der Waals surface area contributed by atoms with Gasteiger partial charge in [-0.25, -0.2) is 0 Å². The molecule has 0 bridgehead atoms. The summed E-state index contributed by atoms with van der Waals surface area (Å²) in [6.07, 6.45) is 8.55. The minimum atomic E-state index is 0.182. The van der Waals surface area contributed by atoms with E-state index in [9.17, 15) is 4.21 Å². The third-order valence-electron chi connectivity index (χ3n) is 2.38. The van der Waals surface area contributed by atoms with Crippen molar-refractivity contribution in [2.24, 2.45) is 4.36 Å². The first kappa shape index (κ1) is 10.5. The van der Waals surface area contributed by atoms with Gasteiger partial charge in [0, 0.05) is 5.22 Å². The van der Waals surface area contributed by atoms with Crippen LogP contribution in [0, 0.1) is 11.3 Å². The molecule has 1 aliphatic carbocycles. The van der Waals surface area contributed by atoms with Crippen molar-refractivity contribution in [3.8, 4) is 6.07 Å². The van der Waals surface area contributed by atoms with Gasteiger partial charge in [-0.15, -0.1) is 0 Å². The van der Waals surface area contributed by atoms with Crippen LogP contribution in [0.15, 0.2) is 28.6 Å². The highest BCUT2D eigenvalue weighted by atomic mass is 32.1. The van der Waals surface area contributed by atoms with Crippen molar-refractivity contribution in [1.29, 1.82) is 5.26 Å². The maximum atomic E-state index is 10.5. The summed E-state index contributed by atoms with van der Waals surface area (Å²) >= 11 is 0.182. The van der Waals surface area contributed by atoms with Crippen LogP contribution in [0.25, 0.3) is 12.2 Å². The molecule has 0 saturated heterocycles. The number of hydrogen-bond acceptors (Lipinski definition) is 3. The Morgan fingerprint density at radius 2 is 2.25 bits per heavy atom. The summed E-state index contributed by atoms with van der Waals surface area (Å²) < 4.78 is 14.3. The fraction of sp³-hybridized carbons (Fsp3) is 0.0833. The molecule has 2 rings (SSSR count). The molecule has 0 spiro atoms. The molecule has 0 aliphatic heterocycles. The van der Waals surface area contributed by atoms with E-state index >= 15 is 0 Å². The van der Waals surface area contributed by atoms with E-state index in [-0.39, 0.29) is 11.5 Å². The topological polar surface area (TPSA) is 53.2 Å². The van der Waals surface area contributed by atoms with Crippen LogP contribution in [0.1, 0.15) is 12.0 Å². The van der Waals surface area contributed by atoms with Gasteiger partial charge in [-0.2, -0.15) is 13.8 Å². The summed E-state index contributed by atoms with van der Waals surface area (Å²) in [6.45, 7) is 0. The Bertz CT molecular complexity index is 661. The van der Waals surface area contributed by atoms with E-state index in [1.807, 2.05) is 24.3 Å². The van der Waals surface area contributed by atoms with Crippen LogP contribution in [0.4, 0.5) is 5.69 Å². The number of fused-ring (bicyclic) bond motifs is 1. The van der Waals surface area contributed by atoms with E-state index in [4.69, 9.17) is 5.26 Å². The van der Waals surface area contributed by atoms with Gasteiger partial charge in [-0.3, -0.25) is 0 Å². The summed E-state index contributed by atoms with van der Waals surface area (Å²) in [5.74, 6) is 0. The molecule has 1 aliphatic rings. The average molecular weight is 228 g/mol. The maximum Gasteiger partial charge on any atom is 0.205 e. The molecule has 0 atom stereocenters. The molecule has 0 radical (unpaired) electrons. The summed E-state index contributed by atoms with van der Waals surface area (Å²) in [6, 6.07) is 5.54. The first-order valence-corrected chi connectivity index (χ1v) is 5.47. The SMILES string of the molecule is N#Cc1ccc(N=S=O)c2c1=CCC=CC=2. The fourth-order valence-corrected chi connectivity index (χ4v) is 1.91. The number of hydrogen-bond donors (Lipinski definition) is 0. The highest BCUT2D eigenvalue weighted by molar-refractivity contribution is 7.54. The second-order valence-corrected chi connectivity index (χ2v) is 3.60. The summed E-state index contributed by atoms with van der Waals surface area (Å²) in [7, 11) is 0. The molecule has 0 heterocycles. The number of rotatable bonds is 1. The Morgan fingerprint density at radius 1 is 1.38 bits per heavy atom. The predicted octanol–water partition coefficient (Wildman–Crippen LogP) is 1.11. The summed E-state index contributed by atoms with van der Waals surface area (Å²) in [5.41, 5.74) is 1.24. The lowest BCUT2D eigenvalue weighted by Crippen LogP contribution is -2.27. The Morgan fingerprint density at radius 3 is 3.00 bits per heavy atom. The maximum absolute atomic E-state index is 10.5. The van der Waals surface area contributed by atoms with Gasteiger partial charge < -0.3 is 0 Å². The molecule has 3 nitrogen and oxygen atoms in total. The third-order valence-corrected chi connectivity index (χ3v) is 2.65. The second kappa shape index (κ2) is 4.69. The first-order chi connectivity index (χ1) is 7.86. The molecule has 1 aromatic rings. The predicted molar refractivity (Wildman–Crippen MR) is 63.3 cm³/mol. The zero-order valence-electron chi connectivity index (χ0n) is 8.38. The van der Waals surface area contributed by atoms with Gasteiger partial charge in [0.15, 0.2) is 0 Å². The van der Waals surface area contributed by atoms with E-state index in [0.717, 1.165) is 16.9 Å². The van der Waals surface area contributed by atoms with Crippen molar-refractivity contribution < 1.29 is 4.21 Å². The van der Waals surface area contributed by atoms with Gasteiger partial charge in [0.2, 0.25) is 11.5 Å². The molecule has 0 aromatic heterocycles. The minimum Gasteiger partial charge on any atom is -0.192 e. The highest BCUT2D eigenvalue weighted by Crippen LogP contribution is 2.04. The van der Waals surface area contributed by atoms with Crippen LogP contribution in [-0.4, -0.2) is 4.21 Å². The Kier molecular flexibility index (Phi) is 3.08. The van der Waals surface area contributed by atoms with Crippen molar-refractivity contribution in [2.45, 2.75) is 6.42 Å². The van der Waals surface area contributed by atoms with Crippen molar-refractivity contribution >= 4 is 29.3 Å². The average Bonchev–Trinajstić information content (AvgIpc) is 2.55. The van der Waals surface area contributed by atoms with Crippen LogP contribution in [0.2, 0.25) is 0 Å². The van der Waals surface area contributed by atoms with Crippen molar-refractivity contribution in [2.75, 3.05) is 0 Å². The number of nitrogens with zero attached hydrogens (tertiary/aromatic N) is 2. The molecular weight excluding hydrogens is 220 g/mol. The van der Waals surface area contributed by atoms with Crippen LogP contribution in [-0.2, 0) is 11.5 Å². The van der Waals surface area contributed by atoms with Gasteiger partial charge in [0.1, 0.15) is 0 Å². The minimum absolute atomic E-state index is 0.182. The zero-order chi connectivity index (χ0) is 11.4. The van der Waals surface area contributed by atoms with E-state index in [2.05, 4.69) is 10.4 Å². The van der Waals surface area contributed by atoms with E-state index < -0.39 is 0 Å². The van der Waals surface area contributed by atoms with Crippen LogP contribution in [0.5, 0.6) is 0 Å². The Labute approximate surface area is 96.3 Å². The van der Waals surface area contributed by atoms with E-state index in [1.165, 1.54) is 0 Å². The molecule has 78 valence electrons. The zero-order valence-corrected chi connectivity index (χ0v) is 9.20. The normalized spacial score (nSPS) is 12.4. The Balaban J connectivity index is 2.92. The van der Waals surface area contributed by atoms with E-state index in [0.29, 0.717) is 11.3 Å². The van der Waals surface area contributed by atoms with Crippen LogP contribution >= 0.6 is 0 Å². The number of allylic oxidation sites excluding steroid dienone is 2. The van der Waals surface area contributed by atoms with E-state index in [1.54, 1.807) is 12.1 Å². The standard InChI is InChI=1S/C12H8N2OS/c13-8-9-6-7-12(14-16-15)11-5-3-1-2-4-10(9)11/h1,3-7H,2H2. The smallest absolute Gasteiger partial charge is 0.192 e. The lowest BCUT2D eigenvalue weighted by molar-refractivity contribution is 0.698. The molecule has 0 amide bonds. The van der Waals surface area contributed by atoms with Gasteiger partial charge >= 0.3 is 0 Å². The van der Waals surface area contributed by atoms with Gasteiger partial charge in [0.25, 0.3) is 0 Å². The third kappa shape index (κ3) is 1.86. The lowest BCUT2D eigenvalue weighted by Gasteiger charge is -1.96. The number of benzene rings is 1. The molecule has 0 saturated carbocycles. The largest absolute Gasteiger partial charge is 0.205 e. The quantitative estimate of drug-likeness (QED) is 0.723. The van der Waals surface area contributed by atoms with Crippen LogP contribution < -0.4 is 10.4 Å². The molecule has 0 unspecified atom stereocenters. The molecule has 16 heavy (non-hydrogen) atoms. The molecule has 1 aromatic carbocycles. The van der Waals surface area contributed by atoms with Crippen molar-refractivity contribution in [3.05, 3.63) is 40.3 Å². The van der Waals surface area contributed by atoms with Gasteiger partial charge in [-0.05, 0) is 23.8 Å². The molecule has 4 heteroatoms. The monoisotopic (exact) mass is 228 g/mol. The number of nitriles is 1. The highest BCUT2D eigenvalue weighted by Gasteiger charge is 2.01. The molecule has 0 N–H and O–H groups in total. The van der Waals surface area contributed by atoms with Crippen LogP contribution in [0.3, 0.4) is 0 Å².